The summed E-state index contributed by atoms with van der Waals surface area (Å²) in [5.74, 6) is 0. The molecule has 1 aromatic carbocycles. The number of piperidine rings is 1. The van der Waals surface area contributed by atoms with Gasteiger partial charge < -0.3 is 0 Å². The molecule has 1 fully saturated rings. The minimum Gasteiger partial charge on any atom is -0.289 e. The van der Waals surface area contributed by atoms with Crippen molar-refractivity contribution in [2.45, 2.75) is 58.2 Å². The van der Waals surface area contributed by atoms with Gasteiger partial charge in [0.05, 0.1) is 0 Å². The maximum atomic E-state index is 2.65. The van der Waals surface area contributed by atoms with Crippen LogP contribution in [-0.2, 0) is 6.54 Å². The van der Waals surface area contributed by atoms with Crippen LogP contribution >= 0.6 is 0 Å². The van der Waals surface area contributed by atoms with Crippen molar-refractivity contribution in [3.05, 3.63) is 42.3 Å². The predicted octanol–water partition coefficient (Wildman–Crippen LogP) is 4.04. The minimum atomic E-state index is 0.261. The average Bonchev–Trinajstić information content (AvgIpc) is 2.25. The molecule has 1 aliphatic heterocycles. The molecule has 0 atom stereocenters. The highest BCUT2D eigenvalue weighted by atomic mass is 15.3. The van der Waals surface area contributed by atoms with Crippen LogP contribution in [-0.4, -0.2) is 16.0 Å². The van der Waals surface area contributed by atoms with Crippen molar-refractivity contribution in [1.82, 2.24) is 4.90 Å². The van der Waals surface area contributed by atoms with E-state index in [1.54, 1.807) is 0 Å². The Hall–Kier alpha value is -0.820. The molecule has 1 saturated heterocycles. The third-order valence-electron chi connectivity index (χ3n) is 3.93. The molecule has 2 rings (SSSR count). The van der Waals surface area contributed by atoms with Gasteiger partial charge in [0.1, 0.15) is 0 Å². The van der Waals surface area contributed by atoms with Gasteiger partial charge in [0.25, 0.3) is 0 Å². The van der Waals surface area contributed by atoms with E-state index in [4.69, 9.17) is 0 Å². The molecule has 17 heavy (non-hydrogen) atoms. The smallest absolute Gasteiger partial charge is 0.0244 e. The summed E-state index contributed by atoms with van der Waals surface area (Å²) in [5, 5.41) is 0. The zero-order valence-corrected chi connectivity index (χ0v) is 11.5. The standard InChI is InChI=1S/C16H24N/c1-15(2)11-8-12-16(3,4)17(15)13-14-9-6-5-7-10-14/h5-10H,11-13H2,1-4H3. The van der Waals surface area contributed by atoms with E-state index < -0.39 is 0 Å². The second-order valence-electron chi connectivity index (χ2n) is 6.39. The number of hydrogen-bond donors (Lipinski definition) is 0. The van der Waals surface area contributed by atoms with Crippen LogP contribution in [0.1, 0.15) is 46.1 Å². The molecule has 0 unspecified atom stereocenters. The second kappa shape index (κ2) is 4.45. The zero-order valence-electron chi connectivity index (χ0n) is 11.5. The van der Waals surface area contributed by atoms with E-state index in [2.05, 4.69) is 69.3 Å². The fourth-order valence-corrected chi connectivity index (χ4v) is 3.01. The van der Waals surface area contributed by atoms with Gasteiger partial charge in [0.2, 0.25) is 0 Å². The molecule has 1 nitrogen and oxygen atoms in total. The summed E-state index contributed by atoms with van der Waals surface area (Å²) in [7, 11) is 0. The Morgan fingerprint density at radius 2 is 1.47 bits per heavy atom. The third-order valence-corrected chi connectivity index (χ3v) is 3.93. The summed E-state index contributed by atoms with van der Waals surface area (Å²) in [6.45, 7) is 10.5. The average molecular weight is 230 g/mol. The molecule has 0 N–H and O–H groups in total. The molecule has 0 aliphatic carbocycles. The van der Waals surface area contributed by atoms with Crippen LogP contribution in [0.25, 0.3) is 0 Å². The Morgan fingerprint density at radius 3 is 2.00 bits per heavy atom. The first-order valence-electron chi connectivity index (χ1n) is 6.55. The van der Waals surface area contributed by atoms with Gasteiger partial charge in [-0.25, -0.2) is 0 Å². The topological polar surface area (TPSA) is 3.24 Å². The monoisotopic (exact) mass is 230 g/mol. The van der Waals surface area contributed by atoms with Crippen LogP contribution < -0.4 is 0 Å². The molecule has 1 aliphatic rings. The van der Waals surface area contributed by atoms with E-state index in [1.165, 1.54) is 18.4 Å². The lowest BCUT2D eigenvalue weighted by Crippen LogP contribution is -2.57. The Bertz CT molecular complexity index is 348. The maximum absolute atomic E-state index is 2.65. The molecule has 0 aromatic heterocycles. The quantitative estimate of drug-likeness (QED) is 0.741. The van der Waals surface area contributed by atoms with Crippen molar-refractivity contribution < 1.29 is 0 Å². The second-order valence-corrected chi connectivity index (χ2v) is 6.39. The molecular formula is C16H24N. The van der Waals surface area contributed by atoms with Crippen molar-refractivity contribution >= 4 is 0 Å². The molecule has 0 bridgehead atoms. The molecule has 1 heterocycles. The number of benzene rings is 1. The summed E-state index contributed by atoms with van der Waals surface area (Å²) in [6, 6.07) is 10.8. The lowest BCUT2D eigenvalue weighted by molar-refractivity contribution is -0.0157. The van der Waals surface area contributed by atoms with Gasteiger partial charge in [-0.1, -0.05) is 30.3 Å². The highest BCUT2D eigenvalue weighted by Crippen LogP contribution is 2.38. The van der Waals surface area contributed by atoms with Gasteiger partial charge in [-0.3, -0.25) is 4.90 Å². The van der Waals surface area contributed by atoms with E-state index in [0.717, 1.165) is 6.54 Å². The molecule has 1 radical (unpaired) electrons. The highest BCUT2D eigenvalue weighted by Gasteiger charge is 2.40. The van der Waals surface area contributed by atoms with Crippen LogP contribution in [0.2, 0.25) is 0 Å². The maximum Gasteiger partial charge on any atom is 0.0244 e. The van der Waals surface area contributed by atoms with Crippen LogP contribution in [0.4, 0.5) is 0 Å². The Balaban J connectivity index is 2.21. The van der Waals surface area contributed by atoms with Gasteiger partial charge in [0, 0.05) is 17.6 Å². The van der Waals surface area contributed by atoms with Crippen LogP contribution in [0.3, 0.4) is 0 Å². The molecule has 0 spiro atoms. The zero-order chi connectivity index (χ0) is 12.5. The molecular weight excluding hydrogens is 206 g/mol. The Kier molecular flexibility index (Phi) is 3.31. The fraction of sp³-hybridized carbons (Fsp3) is 0.562. The predicted molar refractivity (Wildman–Crippen MR) is 73.7 cm³/mol. The van der Waals surface area contributed by atoms with Crippen molar-refractivity contribution in [2.24, 2.45) is 0 Å². The number of likely N-dealkylation sites (tertiary alicyclic amines) is 1. The number of hydrogen-bond acceptors (Lipinski definition) is 1. The Morgan fingerprint density at radius 1 is 0.941 bits per heavy atom. The van der Waals surface area contributed by atoms with Gasteiger partial charge in [-0.05, 0) is 52.5 Å². The van der Waals surface area contributed by atoms with Crippen LogP contribution in [0.15, 0.2) is 30.3 Å². The molecule has 1 aromatic rings. The summed E-state index contributed by atoms with van der Waals surface area (Å²) in [6.07, 6.45) is 4.81. The van der Waals surface area contributed by atoms with E-state index in [1.807, 2.05) is 0 Å². The van der Waals surface area contributed by atoms with E-state index in [0.29, 0.717) is 0 Å². The summed E-state index contributed by atoms with van der Waals surface area (Å²) in [5.41, 5.74) is 1.94. The van der Waals surface area contributed by atoms with Crippen molar-refractivity contribution in [3.63, 3.8) is 0 Å². The normalized spacial score (nSPS) is 23.5. The molecule has 93 valence electrons. The largest absolute Gasteiger partial charge is 0.289 e. The number of rotatable bonds is 2. The first-order valence-corrected chi connectivity index (χ1v) is 6.55. The van der Waals surface area contributed by atoms with Crippen molar-refractivity contribution in [3.8, 4) is 0 Å². The van der Waals surface area contributed by atoms with Gasteiger partial charge in [-0.2, -0.15) is 0 Å². The van der Waals surface area contributed by atoms with Gasteiger partial charge >= 0.3 is 0 Å². The molecule has 0 saturated carbocycles. The SMILES string of the molecule is CC1(C)C[CH]CC(C)(C)N1Cc1ccccc1. The lowest BCUT2D eigenvalue weighted by Gasteiger charge is -2.53. The summed E-state index contributed by atoms with van der Waals surface area (Å²) >= 11 is 0. The molecule has 1 heteroatoms. The van der Waals surface area contributed by atoms with Gasteiger partial charge in [-0.15, -0.1) is 0 Å². The number of nitrogens with zero attached hydrogens (tertiary/aromatic N) is 1. The van der Waals surface area contributed by atoms with E-state index in [9.17, 15) is 0 Å². The minimum absolute atomic E-state index is 0.261. The third kappa shape index (κ3) is 2.71. The van der Waals surface area contributed by atoms with E-state index in [-0.39, 0.29) is 11.1 Å². The van der Waals surface area contributed by atoms with E-state index >= 15 is 0 Å². The van der Waals surface area contributed by atoms with Gasteiger partial charge in [0.15, 0.2) is 0 Å². The van der Waals surface area contributed by atoms with Crippen LogP contribution in [0, 0.1) is 6.42 Å². The summed E-state index contributed by atoms with van der Waals surface area (Å²) in [4.78, 5) is 2.65. The first kappa shape index (κ1) is 12.6. The van der Waals surface area contributed by atoms with Crippen molar-refractivity contribution in [1.29, 1.82) is 0 Å². The first-order chi connectivity index (χ1) is 7.92. The highest BCUT2D eigenvalue weighted by molar-refractivity contribution is 5.16. The van der Waals surface area contributed by atoms with Crippen molar-refractivity contribution in [2.75, 3.05) is 0 Å². The fourth-order valence-electron chi connectivity index (χ4n) is 3.01. The van der Waals surface area contributed by atoms with Crippen LogP contribution in [0.5, 0.6) is 0 Å². The Labute approximate surface area is 106 Å². The lowest BCUT2D eigenvalue weighted by atomic mass is 9.79. The molecule has 0 amide bonds. The summed E-state index contributed by atoms with van der Waals surface area (Å²) < 4.78 is 0.